The fourth-order valence-corrected chi connectivity index (χ4v) is 2.16. The fraction of sp³-hybridized carbons (Fsp3) is 0.438. The molecule has 0 atom stereocenters. The summed E-state index contributed by atoms with van der Waals surface area (Å²) in [5.74, 6) is 0.918. The first-order valence-electron chi connectivity index (χ1n) is 7.12. The molecule has 1 heterocycles. The van der Waals surface area contributed by atoms with Crippen molar-refractivity contribution in [1.29, 1.82) is 0 Å². The number of ether oxygens (including phenoxy) is 1. The normalized spacial score (nSPS) is 10.8. The molecule has 0 aliphatic rings. The maximum absolute atomic E-state index is 5.70. The number of rotatable bonds is 6. The summed E-state index contributed by atoms with van der Waals surface area (Å²) >= 11 is 0. The third kappa shape index (κ3) is 3.53. The van der Waals surface area contributed by atoms with E-state index in [-0.39, 0.29) is 6.10 Å². The lowest BCUT2D eigenvalue weighted by atomic mass is 10.2. The van der Waals surface area contributed by atoms with Gasteiger partial charge in [-0.2, -0.15) is 5.10 Å². The van der Waals surface area contributed by atoms with Crippen molar-refractivity contribution in [1.82, 2.24) is 9.78 Å². The Kier molecular flexibility index (Phi) is 4.66. The van der Waals surface area contributed by atoms with Crippen LogP contribution in [0.15, 0.2) is 30.5 Å². The van der Waals surface area contributed by atoms with Gasteiger partial charge in [0.05, 0.1) is 18.3 Å². The molecule has 0 fully saturated rings. The van der Waals surface area contributed by atoms with Crippen LogP contribution >= 0.6 is 0 Å². The Morgan fingerprint density at radius 1 is 1.30 bits per heavy atom. The first kappa shape index (κ1) is 14.4. The van der Waals surface area contributed by atoms with Gasteiger partial charge in [0, 0.05) is 18.4 Å². The van der Waals surface area contributed by atoms with Gasteiger partial charge in [0.1, 0.15) is 5.75 Å². The smallest absolute Gasteiger partial charge is 0.120 e. The number of aryl methyl sites for hydroxylation is 2. The molecule has 0 aliphatic carbocycles. The zero-order chi connectivity index (χ0) is 14.5. The average molecular weight is 273 g/mol. The Labute approximate surface area is 120 Å². The largest absolute Gasteiger partial charge is 0.491 e. The minimum atomic E-state index is 0.201. The average Bonchev–Trinajstić information content (AvgIpc) is 2.84. The Hall–Kier alpha value is -1.97. The van der Waals surface area contributed by atoms with Crippen LogP contribution in [0, 0.1) is 6.92 Å². The summed E-state index contributed by atoms with van der Waals surface area (Å²) in [6.45, 7) is 9.93. The van der Waals surface area contributed by atoms with E-state index < -0.39 is 0 Å². The first-order chi connectivity index (χ1) is 9.60. The fourth-order valence-electron chi connectivity index (χ4n) is 2.16. The van der Waals surface area contributed by atoms with Gasteiger partial charge >= 0.3 is 0 Å². The van der Waals surface area contributed by atoms with Crippen molar-refractivity contribution in [2.75, 3.05) is 5.32 Å². The van der Waals surface area contributed by atoms with E-state index in [4.69, 9.17) is 4.74 Å². The minimum Gasteiger partial charge on any atom is -0.491 e. The number of anilines is 1. The van der Waals surface area contributed by atoms with Crippen LogP contribution in [0.25, 0.3) is 0 Å². The van der Waals surface area contributed by atoms with Gasteiger partial charge < -0.3 is 10.1 Å². The highest BCUT2D eigenvalue weighted by atomic mass is 16.5. The Bertz CT molecular complexity index is 561. The molecule has 1 aromatic carbocycles. The van der Waals surface area contributed by atoms with Crippen LogP contribution in [0.2, 0.25) is 0 Å². The lowest BCUT2D eigenvalue weighted by Crippen LogP contribution is -2.09. The van der Waals surface area contributed by atoms with Crippen LogP contribution in [0.4, 0.5) is 5.69 Å². The predicted octanol–water partition coefficient (Wildman–Crippen LogP) is 3.61. The lowest BCUT2D eigenvalue weighted by Gasteiger charge is -2.14. The number of nitrogens with zero attached hydrogens (tertiary/aromatic N) is 2. The van der Waals surface area contributed by atoms with E-state index in [0.717, 1.165) is 24.5 Å². The van der Waals surface area contributed by atoms with Gasteiger partial charge in [-0.3, -0.25) is 4.68 Å². The summed E-state index contributed by atoms with van der Waals surface area (Å²) in [7, 11) is 0. The van der Waals surface area contributed by atoms with E-state index in [1.807, 2.05) is 36.9 Å². The zero-order valence-electron chi connectivity index (χ0n) is 12.7. The molecule has 4 nitrogen and oxygen atoms in total. The highest BCUT2D eigenvalue weighted by Gasteiger charge is 2.04. The number of benzene rings is 1. The lowest BCUT2D eigenvalue weighted by molar-refractivity contribution is 0.242. The molecule has 2 aromatic rings. The Morgan fingerprint density at radius 2 is 2.10 bits per heavy atom. The van der Waals surface area contributed by atoms with Crippen LogP contribution in [0.1, 0.15) is 32.0 Å². The predicted molar refractivity (Wildman–Crippen MR) is 82.2 cm³/mol. The van der Waals surface area contributed by atoms with Crippen molar-refractivity contribution in [2.45, 2.75) is 46.9 Å². The van der Waals surface area contributed by atoms with Gasteiger partial charge in [-0.05, 0) is 57.5 Å². The van der Waals surface area contributed by atoms with Gasteiger partial charge in [0.25, 0.3) is 0 Å². The van der Waals surface area contributed by atoms with Gasteiger partial charge in [-0.25, -0.2) is 0 Å². The van der Waals surface area contributed by atoms with Crippen LogP contribution in [0.5, 0.6) is 5.75 Å². The molecule has 1 aromatic heterocycles. The van der Waals surface area contributed by atoms with E-state index >= 15 is 0 Å². The van der Waals surface area contributed by atoms with E-state index in [1.165, 1.54) is 11.3 Å². The number of aromatic nitrogens is 2. The monoisotopic (exact) mass is 273 g/mol. The third-order valence-electron chi connectivity index (χ3n) is 3.13. The van der Waals surface area contributed by atoms with Crippen LogP contribution in [0.3, 0.4) is 0 Å². The quantitative estimate of drug-likeness (QED) is 0.874. The van der Waals surface area contributed by atoms with Crippen LogP contribution in [-0.2, 0) is 13.1 Å². The third-order valence-corrected chi connectivity index (χ3v) is 3.13. The highest BCUT2D eigenvalue weighted by Crippen LogP contribution is 2.22. The second-order valence-electron chi connectivity index (χ2n) is 5.14. The van der Waals surface area contributed by atoms with Crippen molar-refractivity contribution >= 4 is 5.69 Å². The topological polar surface area (TPSA) is 39.1 Å². The maximum Gasteiger partial charge on any atom is 0.120 e. The SMILES string of the molecule is CCn1nccc1CNc1ccc(OC(C)C)cc1C. The molecule has 20 heavy (non-hydrogen) atoms. The number of nitrogens with one attached hydrogen (secondary N) is 1. The molecule has 0 saturated carbocycles. The van der Waals surface area contributed by atoms with E-state index in [0.29, 0.717) is 0 Å². The molecular weight excluding hydrogens is 250 g/mol. The van der Waals surface area contributed by atoms with Crippen molar-refractivity contribution in [3.8, 4) is 5.75 Å². The van der Waals surface area contributed by atoms with E-state index in [9.17, 15) is 0 Å². The summed E-state index contributed by atoms with van der Waals surface area (Å²) in [4.78, 5) is 0. The molecule has 0 unspecified atom stereocenters. The second kappa shape index (κ2) is 6.46. The van der Waals surface area contributed by atoms with Crippen molar-refractivity contribution in [3.05, 3.63) is 41.7 Å². The number of hydrogen-bond donors (Lipinski definition) is 1. The second-order valence-corrected chi connectivity index (χ2v) is 5.14. The van der Waals surface area contributed by atoms with Crippen molar-refractivity contribution in [3.63, 3.8) is 0 Å². The van der Waals surface area contributed by atoms with Gasteiger partial charge in [-0.1, -0.05) is 0 Å². The van der Waals surface area contributed by atoms with Crippen LogP contribution < -0.4 is 10.1 Å². The minimum absolute atomic E-state index is 0.201. The molecule has 0 saturated heterocycles. The standard InChI is InChI=1S/C16H23N3O/c1-5-19-14(8-9-18-19)11-17-16-7-6-15(10-13(16)4)20-12(2)3/h6-10,12,17H,5,11H2,1-4H3. The molecular formula is C16H23N3O. The zero-order valence-corrected chi connectivity index (χ0v) is 12.7. The molecule has 0 spiro atoms. The van der Waals surface area contributed by atoms with E-state index in [1.54, 1.807) is 0 Å². The maximum atomic E-state index is 5.70. The van der Waals surface area contributed by atoms with E-state index in [2.05, 4.69) is 36.4 Å². The molecule has 1 N–H and O–H groups in total. The summed E-state index contributed by atoms with van der Waals surface area (Å²) in [6, 6.07) is 8.19. The molecule has 108 valence electrons. The molecule has 4 heteroatoms. The summed E-state index contributed by atoms with van der Waals surface area (Å²) in [6.07, 6.45) is 2.04. The molecule has 0 amide bonds. The molecule has 0 radical (unpaired) electrons. The first-order valence-corrected chi connectivity index (χ1v) is 7.12. The molecule has 0 bridgehead atoms. The summed E-state index contributed by atoms with van der Waals surface area (Å²) < 4.78 is 7.69. The van der Waals surface area contributed by atoms with Gasteiger partial charge in [0.2, 0.25) is 0 Å². The van der Waals surface area contributed by atoms with Gasteiger partial charge in [-0.15, -0.1) is 0 Å². The van der Waals surface area contributed by atoms with Gasteiger partial charge in [0.15, 0.2) is 0 Å². The number of hydrogen-bond acceptors (Lipinski definition) is 3. The van der Waals surface area contributed by atoms with Crippen molar-refractivity contribution < 1.29 is 4.74 Å². The Morgan fingerprint density at radius 3 is 2.75 bits per heavy atom. The molecule has 2 rings (SSSR count). The summed E-state index contributed by atoms with van der Waals surface area (Å²) in [5.41, 5.74) is 3.50. The molecule has 0 aliphatic heterocycles. The summed E-state index contributed by atoms with van der Waals surface area (Å²) in [5, 5.41) is 7.73. The highest BCUT2D eigenvalue weighted by molar-refractivity contribution is 5.53. The Balaban J connectivity index is 2.03. The van der Waals surface area contributed by atoms with Crippen molar-refractivity contribution in [2.24, 2.45) is 0 Å². The van der Waals surface area contributed by atoms with Crippen LogP contribution in [-0.4, -0.2) is 15.9 Å².